The number of methoxy groups -OCH3 is 1. The lowest BCUT2D eigenvalue weighted by molar-refractivity contribution is 0.00921. The van der Waals surface area contributed by atoms with Gasteiger partial charge in [0.25, 0.3) is 15.9 Å². The van der Waals surface area contributed by atoms with Crippen molar-refractivity contribution >= 4 is 33.0 Å². The van der Waals surface area contributed by atoms with Crippen LogP contribution in [0.2, 0.25) is 0 Å². The van der Waals surface area contributed by atoms with Gasteiger partial charge in [-0.2, -0.15) is 0 Å². The second kappa shape index (κ2) is 12.5. The first-order valence-electron chi connectivity index (χ1n) is 12.8. The number of thiazole rings is 1. The Balaban J connectivity index is 1.65. The molecule has 0 unspecified atom stereocenters. The highest BCUT2D eigenvalue weighted by Crippen LogP contribution is 2.28. The van der Waals surface area contributed by atoms with Crippen LogP contribution in [0.4, 0.5) is 5.69 Å². The monoisotopic (exact) mass is 572 g/mol. The van der Waals surface area contributed by atoms with Crippen molar-refractivity contribution in [1.82, 2.24) is 14.8 Å². The Morgan fingerprint density at radius 2 is 1.90 bits per heavy atom. The molecular formula is C28H36N4O5S2. The van der Waals surface area contributed by atoms with Gasteiger partial charge in [-0.1, -0.05) is 24.6 Å². The molecule has 0 saturated carbocycles. The fraction of sp³-hybridized carbons (Fsp3) is 0.429. The molecule has 1 aliphatic rings. The summed E-state index contributed by atoms with van der Waals surface area (Å²) in [4.78, 5) is 22.0. The quantitative estimate of drug-likeness (QED) is 0.471. The number of benzene rings is 2. The standard InChI is InChI=1S/C28H36N4O5S2/c1-19-6-9-23(10-7-19)39(34,35)30-22-8-11-24-25(14-22)37-18-21(3)32(17-27-29-12-13-38-27)15-20(2)26(36-5)16-31(4)28(24)33/h6-14,20-21,26,30H,15-18H2,1-5H3/t20-,21+,26-/m0/s1. The number of rotatable bonds is 6. The number of sulfonamides is 1. The summed E-state index contributed by atoms with van der Waals surface area (Å²) in [5.41, 5.74) is 1.64. The Morgan fingerprint density at radius 1 is 1.15 bits per heavy atom. The number of hydrogen-bond donors (Lipinski definition) is 1. The van der Waals surface area contributed by atoms with Crippen molar-refractivity contribution in [3.05, 3.63) is 70.2 Å². The van der Waals surface area contributed by atoms with E-state index in [4.69, 9.17) is 9.47 Å². The van der Waals surface area contributed by atoms with Crippen LogP contribution < -0.4 is 9.46 Å². The molecule has 1 amide bonds. The van der Waals surface area contributed by atoms with Crippen LogP contribution in [-0.2, 0) is 21.3 Å². The average molecular weight is 573 g/mol. The minimum absolute atomic E-state index is 0.0122. The summed E-state index contributed by atoms with van der Waals surface area (Å²) in [5, 5.41) is 2.97. The molecule has 2 aromatic carbocycles. The molecule has 1 aliphatic heterocycles. The summed E-state index contributed by atoms with van der Waals surface area (Å²) < 4.78 is 40.7. The molecule has 0 bridgehead atoms. The third kappa shape index (κ3) is 7.16. The van der Waals surface area contributed by atoms with Crippen molar-refractivity contribution in [2.75, 3.05) is 38.6 Å². The topological polar surface area (TPSA) is 101 Å². The molecule has 3 atom stereocenters. The van der Waals surface area contributed by atoms with E-state index in [2.05, 4.69) is 28.5 Å². The molecule has 4 rings (SSSR count). The summed E-state index contributed by atoms with van der Waals surface area (Å²) in [7, 11) is -0.411. The summed E-state index contributed by atoms with van der Waals surface area (Å²) in [6, 6.07) is 11.4. The second-order valence-electron chi connectivity index (χ2n) is 10.1. The highest BCUT2D eigenvalue weighted by Gasteiger charge is 2.29. The lowest BCUT2D eigenvalue weighted by Gasteiger charge is -2.35. The van der Waals surface area contributed by atoms with Crippen LogP contribution in [0.25, 0.3) is 0 Å². The van der Waals surface area contributed by atoms with Crippen molar-refractivity contribution < 1.29 is 22.7 Å². The number of nitrogens with zero attached hydrogens (tertiary/aromatic N) is 3. The van der Waals surface area contributed by atoms with E-state index in [-0.39, 0.29) is 28.9 Å². The van der Waals surface area contributed by atoms with E-state index in [1.165, 1.54) is 0 Å². The van der Waals surface area contributed by atoms with Crippen molar-refractivity contribution in [2.24, 2.45) is 5.92 Å². The minimum Gasteiger partial charge on any atom is -0.491 e. The smallest absolute Gasteiger partial charge is 0.261 e. The Hall–Kier alpha value is -2.99. The zero-order valence-corrected chi connectivity index (χ0v) is 24.6. The average Bonchev–Trinajstić information content (AvgIpc) is 3.42. The molecule has 0 spiro atoms. The van der Waals surface area contributed by atoms with Gasteiger partial charge in [0.15, 0.2) is 0 Å². The number of aromatic nitrogens is 1. The predicted molar refractivity (Wildman–Crippen MR) is 153 cm³/mol. The number of carbonyl (C=O) groups excluding carboxylic acids is 1. The number of likely N-dealkylation sites (N-methyl/N-ethyl adjacent to an activating group) is 1. The summed E-state index contributed by atoms with van der Waals surface area (Å²) in [6.45, 7) is 8.19. The van der Waals surface area contributed by atoms with Gasteiger partial charge in [0, 0.05) is 50.9 Å². The van der Waals surface area contributed by atoms with Gasteiger partial charge >= 0.3 is 0 Å². The van der Waals surface area contributed by atoms with Crippen molar-refractivity contribution in [1.29, 1.82) is 0 Å². The molecule has 3 aromatic rings. The molecule has 9 nitrogen and oxygen atoms in total. The van der Waals surface area contributed by atoms with Crippen LogP contribution in [0.3, 0.4) is 0 Å². The molecule has 39 heavy (non-hydrogen) atoms. The number of amides is 1. The van der Waals surface area contributed by atoms with Gasteiger partial charge in [-0.3, -0.25) is 14.4 Å². The third-order valence-corrected chi connectivity index (χ3v) is 9.14. The summed E-state index contributed by atoms with van der Waals surface area (Å²) >= 11 is 1.61. The number of hydrogen-bond acceptors (Lipinski definition) is 8. The molecule has 11 heteroatoms. The third-order valence-electron chi connectivity index (χ3n) is 6.98. The maximum atomic E-state index is 13.5. The molecular weight excluding hydrogens is 536 g/mol. The highest BCUT2D eigenvalue weighted by atomic mass is 32.2. The highest BCUT2D eigenvalue weighted by molar-refractivity contribution is 7.92. The molecule has 210 valence electrons. The summed E-state index contributed by atoms with van der Waals surface area (Å²) in [6.07, 6.45) is 1.63. The molecule has 0 saturated heterocycles. The lowest BCUT2D eigenvalue weighted by Crippen LogP contribution is -2.46. The Labute approximate surface area is 234 Å². The second-order valence-corrected chi connectivity index (χ2v) is 12.7. The van der Waals surface area contributed by atoms with E-state index in [0.29, 0.717) is 36.7 Å². The van der Waals surface area contributed by atoms with Crippen molar-refractivity contribution in [2.45, 2.75) is 44.4 Å². The van der Waals surface area contributed by atoms with Crippen LogP contribution in [-0.4, -0.2) is 75.1 Å². The first-order valence-corrected chi connectivity index (χ1v) is 15.2. The number of anilines is 1. The largest absolute Gasteiger partial charge is 0.491 e. The molecule has 0 fully saturated rings. The number of ether oxygens (including phenoxy) is 2. The van der Waals surface area contributed by atoms with Gasteiger partial charge in [-0.05, 0) is 44.0 Å². The fourth-order valence-electron chi connectivity index (χ4n) is 4.57. The maximum absolute atomic E-state index is 13.5. The zero-order chi connectivity index (χ0) is 28.2. The fourth-order valence-corrected chi connectivity index (χ4v) is 6.26. The van der Waals surface area contributed by atoms with Crippen LogP contribution in [0.15, 0.2) is 58.9 Å². The van der Waals surface area contributed by atoms with Crippen LogP contribution in [0, 0.1) is 12.8 Å². The maximum Gasteiger partial charge on any atom is 0.261 e. The lowest BCUT2D eigenvalue weighted by atomic mass is 10.0. The zero-order valence-electron chi connectivity index (χ0n) is 23.0. The van der Waals surface area contributed by atoms with Crippen molar-refractivity contribution in [3.8, 4) is 5.75 Å². The van der Waals surface area contributed by atoms with E-state index in [9.17, 15) is 13.2 Å². The van der Waals surface area contributed by atoms with E-state index >= 15 is 0 Å². The van der Waals surface area contributed by atoms with Gasteiger partial charge in [0.1, 0.15) is 17.4 Å². The van der Waals surface area contributed by atoms with E-state index in [1.54, 1.807) is 79.1 Å². The van der Waals surface area contributed by atoms with Crippen LogP contribution >= 0.6 is 11.3 Å². The first kappa shape index (κ1) is 29.0. The Morgan fingerprint density at radius 3 is 2.56 bits per heavy atom. The van der Waals surface area contributed by atoms with E-state index in [1.807, 2.05) is 12.3 Å². The molecule has 0 aliphatic carbocycles. The van der Waals surface area contributed by atoms with Crippen molar-refractivity contribution in [3.63, 3.8) is 0 Å². The van der Waals surface area contributed by atoms with Gasteiger partial charge in [-0.15, -0.1) is 11.3 Å². The Kier molecular flexibility index (Phi) is 9.27. The van der Waals surface area contributed by atoms with Gasteiger partial charge < -0.3 is 14.4 Å². The van der Waals surface area contributed by atoms with E-state index in [0.717, 1.165) is 17.1 Å². The predicted octanol–water partition coefficient (Wildman–Crippen LogP) is 4.26. The normalized spacial score (nSPS) is 21.4. The number of nitrogens with one attached hydrogen (secondary N) is 1. The number of fused-ring (bicyclic) bond motifs is 1. The first-order chi connectivity index (χ1) is 18.6. The number of carbonyl (C=O) groups is 1. The molecule has 1 aromatic heterocycles. The van der Waals surface area contributed by atoms with E-state index < -0.39 is 10.0 Å². The summed E-state index contributed by atoms with van der Waals surface area (Å²) in [5.74, 6) is 0.241. The minimum atomic E-state index is -3.82. The van der Waals surface area contributed by atoms with Gasteiger partial charge in [0.05, 0.1) is 28.8 Å². The molecule has 2 heterocycles. The SMILES string of the molecule is CO[C@H]1CN(C)C(=O)c2ccc(NS(=O)(=O)c3ccc(C)cc3)cc2OC[C@@H](C)N(Cc2nccs2)C[C@@H]1C. The molecule has 1 N–H and O–H groups in total. The van der Waals surface area contributed by atoms with Gasteiger partial charge in [-0.25, -0.2) is 13.4 Å². The van der Waals surface area contributed by atoms with Crippen LogP contribution in [0.1, 0.15) is 34.8 Å². The van der Waals surface area contributed by atoms with Crippen LogP contribution in [0.5, 0.6) is 5.75 Å². The molecule has 0 radical (unpaired) electrons. The number of aryl methyl sites for hydroxylation is 1. The van der Waals surface area contributed by atoms with Gasteiger partial charge in [0.2, 0.25) is 0 Å². The Bertz CT molecular complexity index is 1360.